The fraction of sp³-hybridized carbons (Fsp3) is 0.364. The molecule has 0 heterocycles. The van der Waals surface area contributed by atoms with Gasteiger partial charge in [0, 0.05) is 0 Å². The van der Waals surface area contributed by atoms with Gasteiger partial charge in [0.15, 0.2) is 0 Å². The Bertz CT molecular complexity index is 356. The second kappa shape index (κ2) is 4.13. The summed E-state index contributed by atoms with van der Waals surface area (Å²) in [7, 11) is 0. The van der Waals surface area contributed by atoms with E-state index in [4.69, 9.17) is 9.84 Å². The van der Waals surface area contributed by atoms with Crippen LogP contribution in [0.5, 0.6) is 5.75 Å². The first-order valence-corrected chi connectivity index (χ1v) is 4.56. The van der Waals surface area contributed by atoms with E-state index in [1.54, 1.807) is 0 Å². The normalized spacial score (nSPS) is 9.93. The summed E-state index contributed by atoms with van der Waals surface area (Å²) in [6.07, 6.45) is -0.489. The zero-order valence-electron chi connectivity index (χ0n) is 8.63. The molecule has 0 aliphatic heterocycles. The van der Waals surface area contributed by atoms with Crippen LogP contribution in [-0.2, 0) is 6.42 Å². The van der Waals surface area contributed by atoms with Crippen LogP contribution >= 0.6 is 0 Å². The first-order valence-electron chi connectivity index (χ1n) is 4.56. The van der Waals surface area contributed by atoms with Gasteiger partial charge in [0.25, 0.3) is 0 Å². The molecule has 3 nitrogen and oxygen atoms in total. The molecule has 0 aromatic heterocycles. The first kappa shape index (κ1) is 10.6. The van der Waals surface area contributed by atoms with Gasteiger partial charge < -0.3 is 9.84 Å². The van der Waals surface area contributed by atoms with Crippen molar-refractivity contribution in [3.8, 4) is 5.75 Å². The molecule has 0 saturated carbocycles. The van der Waals surface area contributed by atoms with Crippen LogP contribution in [-0.4, -0.2) is 11.3 Å². The largest absolute Gasteiger partial charge is 0.511 e. The second-order valence-electron chi connectivity index (χ2n) is 3.22. The third kappa shape index (κ3) is 2.05. The van der Waals surface area contributed by atoms with Crippen LogP contribution in [0.15, 0.2) is 12.1 Å². The van der Waals surface area contributed by atoms with Gasteiger partial charge in [-0.05, 0) is 37.0 Å². The smallest absolute Gasteiger partial charge is 0.449 e. The molecule has 0 radical (unpaired) electrons. The Labute approximate surface area is 83.3 Å². The van der Waals surface area contributed by atoms with Crippen molar-refractivity contribution in [1.82, 2.24) is 0 Å². The summed E-state index contributed by atoms with van der Waals surface area (Å²) in [5.74, 6) is 0.486. The fourth-order valence-electron chi connectivity index (χ4n) is 1.35. The Morgan fingerprint density at radius 3 is 2.57 bits per heavy atom. The molecule has 1 rings (SSSR count). The van der Waals surface area contributed by atoms with E-state index in [1.165, 1.54) is 0 Å². The van der Waals surface area contributed by atoms with Crippen LogP contribution in [0.4, 0.5) is 4.79 Å². The minimum atomic E-state index is -1.26. The van der Waals surface area contributed by atoms with Crippen LogP contribution in [0.25, 0.3) is 0 Å². The second-order valence-corrected chi connectivity index (χ2v) is 3.22. The van der Waals surface area contributed by atoms with Crippen LogP contribution in [0, 0.1) is 13.8 Å². The van der Waals surface area contributed by atoms with E-state index >= 15 is 0 Å². The van der Waals surface area contributed by atoms with Gasteiger partial charge in [0.1, 0.15) is 5.75 Å². The highest BCUT2D eigenvalue weighted by Gasteiger charge is 2.11. The Morgan fingerprint density at radius 2 is 2.07 bits per heavy atom. The zero-order chi connectivity index (χ0) is 10.7. The van der Waals surface area contributed by atoms with E-state index < -0.39 is 6.16 Å². The molecule has 0 spiro atoms. The standard InChI is InChI=1S/C11H14O3/c1-4-9-6-5-7(2)8(3)10(9)14-11(12)13/h5-6H,4H2,1-3H3,(H,12,13). The van der Waals surface area contributed by atoms with Crippen molar-refractivity contribution in [3.05, 3.63) is 28.8 Å². The number of benzene rings is 1. The summed E-state index contributed by atoms with van der Waals surface area (Å²) in [6, 6.07) is 3.88. The van der Waals surface area contributed by atoms with Crippen LogP contribution in [0.3, 0.4) is 0 Å². The van der Waals surface area contributed by atoms with E-state index in [2.05, 4.69) is 0 Å². The lowest BCUT2D eigenvalue weighted by atomic mass is 10.0. The molecule has 1 aromatic carbocycles. The lowest BCUT2D eigenvalue weighted by Gasteiger charge is -2.11. The van der Waals surface area contributed by atoms with Crippen molar-refractivity contribution >= 4 is 6.16 Å². The number of carbonyl (C=O) groups is 1. The van der Waals surface area contributed by atoms with E-state index in [-0.39, 0.29) is 0 Å². The quantitative estimate of drug-likeness (QED) is 0.581. The van der Waals surface area contributed by atoms with E-state index in [0.29, 0.717) is 5.75 Å². The third-order valence-corrected chi connectivity index (χ3v) is 2.33. The fourth-order valence-corrected chi connectivity index (χ4v) is 1.35. The molecule has 0 bridgehead atoms. The Morgan fingerprint density at radius 1 is 1.43 bits per heavy atom. The molecule has 0 aliphatic rings. The molecular formula is C11H14O3. The highest BCUT2D eigenvalue weighted by atomic mass is 16.7. The van der Waals surface area contributed by atoms with Gasteiger partial charge in [-0.3, -0.25) is 0 Å². The number of hydrogen-bond acceptors (Lipinski definition) is 2. The predicted octanol–water partition coefficient (Wildman–Crippen LogP) is 2.92. The molecule has 0 saturated heterocycles. The average molecular weight is 194 g/mol. The van der Waals surface area contributed by atoms with Gasteiger partial charge in [-0.15, -0.1) is 0 Å². The predicted molar refractivity (Wildman–Crippen MR) is 53.9 cm³/mol. The average Bonchev–Trinajstić information content (AvgIpc) is 2.13. The van der Waals surface area contributed by atoms with Crippen LogP contribution < -0.4 is 4.74 Å². The topological polar surface area (TPSA) is 46.5 Å². The van der Waals surface area contributed by atoms with Gasteiger partial charge >= 0.3 is 6.16 Å². The molecule has 1 N–H and O–H groups in total. The summed E-state index contributed by atoms with van der Waals surface area (Å²) >= 11 is 0. The zero-order valence-corrected chi connectivity index (χ0v) is 8.63. The van der Waals surface area contributed by atoms with Gasteiger partial charge in [-0.2, -0.15) is 0 Å². The van der Waals surface area contributed by atoms with Crippen molar-refractivity contribution in [3.63, 3.8) is 0 Å². The maximum Gasteiger partial charge on any atom is 0.511 e. The van der Waals surface area contributed by atoms with E-state index in [9.17, 15) is 4.79 Å². The monoisotopic (exact) mass is 194 g/mol. The number of aryl methyl sites for hydroxylation is 2. The van der Waals surface area contributed by atoms with Crippen molar-refractivity contribution in [2.75, 3.05) is 0 Å². The Hall–Kier alpha value is -1.51. The third-order valence-electron chi connectivity index (χ3n) is 2.33. The lowest BCUT2D eigenvalue weighted by molar-refractivity contribution is 0.143. The van der Waals surface area contributed by atoms with Gasteiger partial charge in [-0.25, -0.2) is 4.79 Å². The molecule has 0 amide bonds. The van der Waals surface area contributed by atoms with Crippen molar-refractivity contribution in [1.29, 1.82) is 0 Å². The number of rotatable bonds is 2. The highest BCUT2D eigenvalue weighted by molar-refractivity contribution is 5.63. The lowest BCUT2D eigenvalue weighted by Crippen LogP contribution is -2.07. The Kier molecular flexibility index (Phi) is 3.12. The maximum absolute atomic E-state index is 10.5. The molecule has 0 atom stereocenters. The first-order chi connectivity index (χ1) is 6.56. The molecule has 0 unspecified atom stereocenters. The van der Waals surface area contributed by atoms with Gasteiger partial charge in [0.2, 0.25) is 0 Å². The molecule has 0 aliphatic carbocycles. The van der Waals surface area contributed by atoms with Crippen molar-refractivity contribution < 1.29 is 14.6 Å². The molecule has 3 heteroatoms. The summed E-state index contributed by atoms with van der Waals surface area (Å²) in [4.78, 5) is 10.5. The summed E-state index contributed by atoms with van der Waals surface area (Å²) < 4.78 is 4.76. The SMILES string of the molecule is CCc1ccc(C)c(C)c1OC(=O)O. The van der Waals surface area contributed by atoms with Gasteiger partial charge in [-0.1, -0.05) is 19.1 Å². The summed E-state index contributed by atoms with van der Waals surface area (Å²) in [5, 5.41) is 8.58. The minimum Gasteiger partial charge on any atom is -0.449 e. The molecule has 76 valence electrons. The van der Waals surface area contributed by atoms with Crippen molar-refractivity contribution in [2.24, 2.45) is 0 Å². The number of ether oxygens (including phenoxy) is 1. The summed E-state index contributed by atoms with van der Waals surface area (Å²) in [5.41, 5.74) is 2.86. The van der Waals surface area contributed by atoms with Gasteiger partial charge in [0.05, 0.1) is 0 Å². The highest BCUT2D eigenvalue weighted by Crippen LogP contribution is 2.26. The Balaban J connectivity index is 3.20. The molecular weight excluding hydrogens is 180 g/mol. The maximum atomic E-state index is 10.5. The van der Waals surface area contributed by atoms with Crippen LogP contribution in [0.1, 0.15) is 23.6 Å². The molecule has 14 heavy (non-hydrogen) atoms. The number of hydrogen-bond donors (Lipinski definition) is 1. The van der Waals surface area contributed by atoms with Crippen LogP contribution in [0.2, 0.25) is 0 Å². The molecule has 1 aromatic rings. The summed E-state index contributed by atoms with van der Waals surface area (Å²) in [6.45, 7) is 5.77. The molecule has 0 fully saturated rings. The number of carboxylic acid groups (broad SMARTS) is 1. The van der Waals surface area contributed by atoms with E-state index in [0.717, 1.165) is 23.1 Å². The van der Waals surface area contributed by atoms with E-state index in [1.807, 2.05) is 32.9 Å². The minimum absolute atomic E-state index is 0.486. The van der Waals surface area contributed by atoms with Crippen molar-refractivity contribution in [2.45, 2.75) is 27.2 Å².